The van der Waals surface area contributed by atoms with Crippen LogP contribution in [0.25, 0.3) is 0 Å². The predicted molar refractivity (Wildman–Crippen MR) is 86.7 cm³/mol. The molecule has 0 aliphatic heterocycles. The van der Waals surface area contributed by atoms with Gasteiger partial charge in [0.2, 0.25) is 0 Å². The van der Waals surface area contributed by atoms with Gasteiger partial charge in [0.25, 0.3) is 5.91 Å². The molecule has 4 nitrogen and oxygen atoms in total. The maximum Gasteiger partial charge on any atom is 0.251 e. The van der Waals surface area contributed by atoms with Crippen molar-refractivity contribution in [2.75, 3.05) is 12.4 Å². The molecule has 1 aromatic heterocycles. The first kappa shape index (κ1) is 15.8. The highest BCUT2D eigenvalue weighted by atomic mass is 16.1. The highest BCUT2D eigenvalue weighted by Gasteiger charge is 2.29. The number of hydrogen-bond donors (Lipinski definition) is 2. The Morgan fingerprint density at radius 3 is 2.81 bits per heavy atom. The quantitative estimate of drug-likeness (QED) is 0.893. The second kappa shape index (κ2) is 6.46. The van der Waals surface area contributed by atoms with Crippen molar-refractivity contribution in [3.63, 3.8) is 0 Å². The molecule has 0 saturated heterocycles. The van der Waals surface area contributed by atoms with Crippen LogP contribution in [0.3, 0.4) is 0 Å². The van der Waals surface area contributed by atoms with Crippen LogP contribution < -0.4 is 10.6 Å². The minimum Gasteiger partial charge on any atom is -0.373 e. The first-order valence-corrected chi connectivity index (χ1v) is 7.93. The molecule has 1 heterocycles. The molecule has 4 heteroatoms. The van der Waals surface area contributed by atoms with E-state index in [1.165, 1.54) is 12.8 Å². The van der Waals surface area contributed by atoms with Crippen molar-refractivity contribution < 1.29 is 4.79 Å². The highest BCUT2D eigenvalue weighted by Crippen LogP contribution is 2.35. The lowest BCUT2D eigenvalue weighted by Crippen LogP contribution is -2.40. The number of carbonyl (C=O) groups is 1. The average Bonchev–Trinajstić information content (AvgIpc) is 2.45. The second-order valence-corrected chi connectivity index (χ2v) is 6.77. The van der Waals surface area contributed by atoms with Crippen LogP contribution in [0.15, 0.2) is 12.1 Å². The lowest BCUT2D eigenvalue weighted by atomic mass is 9.75. The molecule has 0 bridgehead atoms. The number of anilines is 1. The van der Waals surface area contributed by atoms with E-state index >= 15 is 0 Å². The van der Waals surface area contributed by atoms with Crippen LogP contribution in [0.2, 0.25) is 0 Å². The highest BCUT2D eigenvalue weighted by molar-refractivity contribution is 5.95. The molecule has 0 radical (unpaired) electrons. The van der Waals surface area contributed by atoms with Crippen LogP contribution in [0.4, 0.5) is 5.82 Å². The number of amides is 1. The minimum atomic E-state index is 0.0197. The van der Waals surface area contributed by atoms with Crippen molar-refractivity contribution in [1.82, 2.24) is 10.3 Å². The molecule has 1 saturated carbocycles. The van der Waals surface area contributed by atoms with Crippen molar-refractivity contribution in [2.45, 2.75) is 58.9 Å². The standard InChI is InChI=1S/C17H27N3O/c1-5-13-9-12(10-15(18-4)19-13)16(21)20-14-7-6-8-17(2,3)11-14/h9-10,14H,5-8,11H2,1-4H3,(H,18,19)(H,20,21). The SMILES string of the molecule is CCc1cc(C(=O)NC2CCCC(C)(C)C2)cc(NC)n1. The summed E-state index contributed by atoms with van der Waals surface area (Å²) in [6.07, 6.45) is 5.41. The van der Waals surface area contributed by atoms with Gasteiger partial charge in [-0.1, -0.05) is 27.2 Å². The van der Waals surface area contributed by atoms with Crippen molar-refractivity contribution in [3.8, 4) is 0 Å². The van der Waals surface area contributed by atoms with Gasteiger partial charge in [-0.3, -0.25) is 4.79 Å². The minimum absolute atomic E-state index is 0.0197. The van der Waals surface area contributed by atoms with Crippen LogP contribution in [-0.2, 0) is 6.42 Å². The maximum absolute atomic E-state index is 12.5. The third kappa shape index (κ3) is 4.19. The zero-order chi connectivity index (χ0) is 15.5. The van der Waals surface area contributed by atoms with Gasteiger partial charge in [0.05, 0.1) is 0 Å². The lowest BCUT2D eigenvalue weighted by molar-refractivity contribution is 0.0902. The number of nitrogens with one attached hydrogen (secondary N) is 2. The Morgan fingerprint density at radius 2 is 2.19 bits per heavy atom. The Bertz CT molecular complexity index is 489. The van der Waals surface area contributed by atoms with Crippen LogP contribution in [0.5, 0.6) is 0 Å². The number of carbonyl (C=O) groups excluding carboxylic acids is 1. The maximum atomic E-state index is 12.5. The zero-order valence-corrected chi connectivity index (χ0v) is 13.6. The average molecular weight is 289 g/mol. The molecule has 1 atom stereocenters. The monoisotopic (exact) mass is 289 g/mol. The first-order chi connectivity index (χ1) is 9.93. The van der Waals surface area contributed by atoms with Gasteiger partial charge in [0.15, 0.2) is 0 Å². The van der Waals surface area contributed by atoms with Crippen LogP contribution >= 0.6 is 0 Å². The Balaban J connectivity index is 2.09. The van der Waals surface area contributed by atoms with Crippen molar-refractivity contribution in [3.05, 3.63) is 23.4 Å². The summed E-state index contributed by atoms with van der Waals surface area (Å²) in [5.74, 6) is 0.773. The summed E-state index contributed by atoms with van der Waals surface area (Å²) in [5, 5.41) is 6.22. The number of rotatable bonds is 4. The van der Waals surface area contributed by atoms with E-state index in [0.717, 1.165) is 30.8 Å². The van der Waals surface area contributed by atoms with Gasteiger partial charge in [-0.05, 0) is 43.2 Å². The van der Waals surface area contributed by atoms with Gasteiger partial charge >= 0.3 is 0 Å². The largest absolute Gasteiger partial charge is 0.373 e. The number of nitrogens with zero attached hydrogens (tertiary/aromatic N) is 1. The van der Waals surface area contributed by atoms with Crippen LogP contribution in [-0.4, -0.2) is 24.0 Å². The third-order valence-electron chi connectivity index (χ3n) is 4.30. The summed E-state index contributed by atoms with van der Waals surface area (Å²) >= 11 is 0. The van der Waals surface area contributed by atoms with E-state index in [1.807, 2.05) is 26.1 Å². The van der Waals surface area contributed by atoms with Gasteiger partial charge in [0.1, 0.15) is 5.82 Å². The molecule has 21 heavy (non-hydrogen) atoms. The van der Waals surface area contributed by atoms with Gasteiger partial charge in [-0.25, -0.2) is 4.98 Å². The van der Waals surface area contributed by atoms with Crippen molar-refractivity contribution in [1.29, 1.82) is 0 Å². The molecular weight excluding hydrogens is 262 g/mol. The molecule has 1 amide bonds. The Labute approximate surface area is 127 Å². The molecule has 2 rings (SSSR count). The smallest absolute Gasteiger partial charge is 0.251 e. The normalized spacial score (nSPS) is 20.9. The third-order valence-corrected chi connectivity index (χ3v) is 4.30. The molecule has 0 spiro atoms. The molecule has 1 fully saturated rings. The van der Waals surface area contributed by atoms with Crippen molar-refractivity contribution >= 4 is 11.7 Å². The predicted octanol–water partition coefficient (Wildman–Crippen LogP) is 3.38. The van der Waals surface area contributed by atoms with E-state index in [0.29, 0.717) is 11.0 Å². The van der Waals surface area contributed by atoms with Crippen LogP contribution in [0, 0.1) is 5.41 Å². The Morgan fingerprint density at radius 1 is 1.43 bits per heavy atom. The summed E-state index contributed by atoms with van der Waals surface area (Å²) in [4.78, 5) is 16.9. The van der Waals surface area contributed by atoms with E-state index in [2.05, 4.69) is 29.5 Å². The van der Waals surface area contributed by atoms with E-state index in [9.17, 15) is 4.79 Å². The summed E-state index contributed by atoms with van der Waals surface area (Å²) in [7, 11) is 1.83. The first-order valence-electron chi connectivity index (χ1n) is 7.93. The summed E-state index contributed by atoms with van der Waals surface area (Å²) in [5.41, 5.74) is 1.98. The Hall–Kier alpha value is -1.58. The van der Waals surface area contributed by atoms with Gasteiger partial charge in [0, 0.05) is 24.3 Å². The number of pyridine rings is 1. The molecule has 116 valence electrons. The molecule has 1 aromatic rings. The molecule has 1 aliphatic carbocycles. The second-order valence-electron chi connectivity index (χ2n) is 6.77. The molecule has 2 N–H and O–H groups in total. The fraction of sp³-hybridized carbons (Fsp3) is 0.647. The summed E-state index contributed by atoms with van der Waals surface area (Å²) in [6, 6.07) is 4.00. The van der Waals surface area contributed by atoms with Gasteiger partial charge in [-0.15, -0.1) is 0 Å². The summed E-state index contributed by atoms with van der Waals surface area (Å²) in [6.45, 7) is 6.62. The number of aromatic nitrogens is 1. The topological polar surface area (TPSA) is 54.0 Å². The number of hydrogen-bond acceptors (Lipinski definition) is 3. The fourth-order valence-corrected chi connectivity index (χ4v) is 3.12. The fourth-order valence-electron chi connectivity index (χ4n) is 3.12. The van der Waals surface area contributed by atoms with E-state index in [-0.39, 0.29) is 11.9 Å². The lowest BCUT2D eigenvalue weighted by Gasteiger charge is -2.35. The van der Waals surface area contributed by atoms with Crippen molar-refractivity contribution in [2.24, 2.45) is 5.41 Å². The zero-order valence-electron chi connectivity index (χ0n) is 13.6. The van der Waals surface area contributed by atoms with Gasteiger partial charge < -0.3 is 10.6 Å². The van der Waals surface area contributed by atoms with E-state index in [1.54, 1.807) is 0 Å². The molecule has 1 unspecified atom stereocenters. The molecule has 1 aliphatic rings. The Kier molecular flexibility index (Phi) is 4.86. The van der Waals surface area contributed by atoms with Crippen LogP contribution in [0.1, 0.15) is 62.5 Å². The van der Waals surface area contributed by atoms with E-state index in [4.69, 9.17) is 0 Å². The number of aryl methyl sites for hydroxylation is 1. The van der Waals surface area contributed by atoms with Gasteiger partial charge in [-0.2, -0.15) is 0 Å². The summed E-state index contributed by atoms with van der Waals surface area (Å²) < 4.78 is 0. The molecular formula is C17H27N3O. The van der Waals surface area contributed by atoms with E-state index < -0.39 is 0 Å². The molecule has 0 aromatic carbocycles.